The molecule has 4 rings (SSSR count). The largest absolute Gasteiger partial charge is 0.361 e. The van der Waals surface area contributed by atoms with E-state index in [2.05, 4.69) is 56.5 Å². The van der Waals surface area contributed by atoms with Gasteiger partial charge in [0, 0.05) is 38.7 Å². The molecule has 0 aromatic carbocycles. The molecule has 5 nitrogen and oxygen atoms in total. The van der Waals surface area contributed by atoms with Gasteiger partial charge < -0.3 is 9.09 Å². The van der Waals surface area contributed by atoms with Gasteiger partial charge in [0.25, 0.3) is 0 Å². The van der Waals surface area contributed by atoms with Gasteiger partial charge in [0.2, 0.25) is 0 Å². The maximum atomic E-state index is 5.30. The van der Waals surface area contributed by atoms with Gasteiger partial charge in [-0.3, -0.25) is 4.98 Å². The molecule has 0 aliphatic heterocycles. The van der Waals surface area contributed by atoms with Crippen molar-refractivity contribution in [3.8, 4) is 11.1 Å². The summed E-state index contributed by atoms with van der Waals surface area (Å²) in [7, 11) is 0. The van der Waals surface area contributed by atoms with Gasteiger partial charge in [-0.1, -0.05) is 11.2 Å². The van der Waals surface area contributed by atoms with E-state index in [-0.39, 0.29) is 6.04 Å². The van der Waals surface area contributed by atoms with Gasteiger partial charge in [-0.25, -0.2) is 4.98 Å². The number of hydrogen-bond donors (Lipinski definition) is 0. The van der Waals surface area contributed by atoms with Crippen LogP contribution in [0, 0.1) is 17.4 Å². The Morgan fingerprint density at radius 2 is 2.04 bits per heavy atom. The van der Waals surface area contributed by atoms with E-state index in [1.165, 1.54) is 0 Å². The zero-order valence-electron chi connectivity index (χ0n) is 14.2. The Balaban J connectivity index is 1.85. The summed E-state index contributed by atoms with van der Waals surface area (Å²) < 4.78 is 8.64. The van der Waals surface area contributed by atoms with Crippen LogP contribution in [-0.2, 0) is 0 Å². The summed E-state index contributed by atoms with van der Waals surface area (Å²) in [5.41, 5.74) is 4.92. The molecule has 0 radical (unpaired) electrons. The van der Waals surface area contributed by atoms with E-state index in [0.717, 1.165) is 42.9 Å². The van der Waals surface area contributed by atoms with Gasteiger partial charge in [0.15, 0.2) is 0 Å². The van der Waals surface area contributed by atoms with Crippen molar-refractivity contribution in [2.45, 2.75) is 26.8 Å². The van der Waals surface area contributed by atoms with Crippen LogP contribution in [0.3, 0.4) is 0 Å². The van der Waals surface area contributed by atoms with Crippen molar-refractivity contribution >= 4 is 33.6 Å². The third-order valence-electron chi connectivity index (χ3n) is 4.48. The summed E-state index contributed by atoms with van der Waals surface area (Å²) >= 11 is 2.36. The molecule has 0 fully saturated rings. The second-order valence-electron chi connectivity index (χ2n) is 6.11. The van der Waals surface area contributed by atoms with Gasteiger partial charge in [-0.05, 0) is 61.6 Å². The van der Waals surface area contributed by atoms with Gasteiger partial charge >= 0.3 is 0 Å². The highest BCUT2D eigenvalue weighted by Crippen LogP contribution is 2.32. The van der Waals surface area contributed by atoms with Crippen LogP contribution in [0.25, 0.3) is 22.2 Å². The number of nitrogens with zero attached hydrogens (tertiary/aromatic N) is 4. The van der Waals surface area contributed by atoms with E-state index in [9.17, 15) is 0 Å². The minimum absolute atomic E-state index is 0.115. The summed E-state index contributed by atoms with van der Waals surface area (Å²) in [5, 5.41) is 5.18. The van der Waals surface area contributed by atoms with Crippen molar-refractivity contribution in [3.05, 3.63) is 63.6 Å². The van der Waals surface area contributed by atoms with Gasteiger partial charge in [-0.2, -0.15) is 0 Å². The molecule has 4 heterocycles. The molecule has 0 amide bonds. The van der Waals surface area contributed by atoms with Crippen LogP contribution in [0.15, 0.2) is 47.4 Å². The monoisotopic (exact) mass is 444 g/mol. The molecule has 25 heavy (non-hydrogen) atoms. The summed E-state index contributed by atoms with van der Waals surface area (Å²) in [5.74, 6) is 0.815. The number of aryl methyl sites for hydroxylation is 2. The third kappa shape index (κ3) is 2.74. The standard InChI is InChI=1S/C19H17IN4O/c1-11-18(13(3)25-23-11)14-8-15-16(20)10-24(19(15)22-9-14)12(2)17-6-4-5-7-21-17/h4-10,12H,1-3H3. The maximum Gasteiger partial charge on any atom is 0.141 e. The smallest absolute Gasteiger partial charge is 0.141 e. The van der Waals surface area contributed by atoms with Crippen LogP contribution in [0.2, 0.25) is 0 Å². The lowest BCUT2D eigenvalue weighted by atomic mass is 10.1. The Morgan fingerprint density at radius 3 is 2.72 bits per heavy atom. The Bertz CT molecular complexity index is 1030. The van der Waals surface area contributed by atoms with Crippen molar-refractivity contribution in [3.63, 3.8) is 0 Å². The van der Waals surface area contributed by atoms with Gasteiger partial charge in [0.05, 0.1) is 17.4 Å². The molecular formula is C19H17IN4O. The fourth-order valence-electron chi connectivity index (χ4n) is 3.18. The number of fused-ring (bicyclic) bond motifs is 1. The number of rotatable bonds is 3. The fraction of sp³-hybridized carbons (Fsp3) is 0.211. The SMILES string of the molecule is Cc1noc(C)c1-c1cnc2c(c1)c(I)cn2C(C)c1ccccn1. The molecule has 0 N–H and O–H groups in total. The third-order valence-corrected chi connectivity index (χ3v) is 5.34. The summed E-state index contributed by atoms with van der Waals surface area (Å²) in [6.07, 6.45) is 5.85. The van der Waals surface area contributed by atoms with E-state index in [0.29, 0.717) is 0 Å². The topological polar surface area (TPSA) is 56.7 Å². The molecular weight excluding hydrogens is 427 g/mol. The molecule has 0 bridgehead atoms. The van der Waals surface area contributed by atoms with Crippen molar-refractivity contribution < 1.29 is 4.52 Å². The molecule has 1 atom stereocenters. The van der Waals surface area contributed by atoms with Crippen molar-refractivity contribution in [1.29, 1.82) is 0 Å². The van der Waals surface area contributed by atoms with Crippen molar-refractivity contribution in [1.82, 2.24) is 19.7 Å². The molecule has 0 spiro atoms. The first-order chi connectivity index (χ1) is 12.1. The predicted molar refractivity (Wildman–Crippen MR) is 105 cm³/mol. The number of halogens is 1. The van der Waals surface area contributed by atoms with Crippen LogP contribution in [0.5, 0.6) is 0 Å². The molecule has 4 aromatic heterocycles. The highest BCUT2D eigenvalue weighted by atomic mass is 127. The first-order valence-corrected chi connectivity index (χ1v) is 9.14. The van der Waals surface area contributed by atoms with E-state index in [1.54, 1.807) is 0 Å². The van der Waals surface area contributed by atoms with Crippen LogP contribution in [0.4, 0.5) is 0 Å². The summed E-state index contributed by atoms with van der Waals surface area (Å²) in [4.78, 5) is 9.23. The highest BCUT2D eigenvalue weighted by Gasteiger charge is 2.18. The average molecular weight is 444 g/mol. The molecule has 4 aromatic rings. The fourth-order valence-corrected chi connectivity index (χ4v) is 3.88. The Kier molecular flexibility index (Phi) is 4.07. The number of pyridine rings is 2. The molecule has 1 unspecified atom stereocenters. The maximum absolute atomic E-state index is 5.30. The minimum atomic E-state index is 0.115. The summed E-state index contributed by atoms with van der Waals surface area (Å²) in [6, 6.07) is 8.27. The number of aromatic nitrogens is 4. The van der Waals surface area contributed by atoms with Crippen molar-refractivity contribution in [2.75, 3.05) is 0 Å². The highest BCUT2D eigenvalue weighted by molar-refractivity contribution is 14.1. The zero-order valence-corrected chi connectivity index (χ0v) is 16.4. The quantitative estimate of drug-likeness (QED) is 0.421. The zero-order chi connectivity index (χ0) is 17.6. The molecule has 0 saturated carbocycles. The summed E-state index contributed by atoms with van der Waals surface area (Å²) in [6.45, 7) is 6.02. The first-order valence-electron chi connectivity index (χ1n) is 8.06. The molecule has 0 aliphatic rings. The van der Waals surface area contributed by atoms with Crippen LogP contribution >= 0.6 is 22.6 Å². The van der Waals surface area contributed by atoms with Gasteiger partial charge in [0.1, 0.15) is 11.4 Å². The second-order valence-corrected chi connectivity index (χ2v) is 7.27. The van der Waals surface area contributed by atoms with Crippen LogP contribution < -0.4 is 0 Å². The van der Waals surface area contributed by atoms with Gasteiger partial charge in [-0.15, -0.1) is 0 Å². The Labute approximate surface area is 159 Å². The van der Waals surface area contributed by atoms with Crippen LogP contribution in [-0.4, -0.2) is 19.7 Å². The molecule has 126 valence electrons. The lowest BCUT2D eigenvalue weighted by molar-refractivity contribution is 0.393. The normalized spacial score (nSPS) is 12.6. The minimum Gasteiger partial charge on any atom is -0.361 e. The average Bonchev–Trinajstić information content (AvgIpc) is 3.14. The Morgan fingerprint density at radius 1 is 1.20 bits per heavy atom. The van der Waals surface area contributed by atoms with Crippen LogP contribution in [0.1, 0.15) is 30.1 Å². The Hall–Kier alpha value is -2.22. The van der Waals surface area contributed by atoms with E-state index >= 15 is 0 Å². The first kappa shape index (κ1) is 16.3. The predicted octanol–water partition coefficient (Wildman–Crippen LogP) is 4.92. The molecule has 0 aliphatic carbocycles. The van der Waals surface area contributed by atoms with E-state index < -0.39 is 0 Å². The molecule has 0 saturated heterocycles. The lowest BCUT2D eigenvalue weighted by Gasteiger charge is -2.14. The molecule has 6 heteroatoms. The van der Waals surface area contributed by atoms with E-state index in [1.807, 2.05) is 44.4 Å². The second kappa shape index (κ2) is 6.25. The van der Waals surface area contributed by atoms with Crippen molar-refractivity contribution in [2.24, 2.45) is 0 Å². The van der Waals surface area contributed by atoms with E-state index in [4.69, 9.17) is 9.51 Å². The lowest BCUT2D eigenvalue weighted by Crippen LogP contribution is -2.07. The number of hydrogen-bond acceptors (Lipinski definition) is 4.